The second-order valence-electron chi connectivity index (χ2n) is 6.66. The molecule has 0 bridgehead atoms. The molecular formula is C21H22N4O3S. The number of anilines is 1. The molecule has 3 aromatic rings. The zero-order valence-electron chi connectivity index (χ0n) is 16.4. The predicted molar refractivity (Wildman–Crippen MR) is 113 cm³/mol. The number of piperazine rings is 1. The fraction of sp³-hybridized carbons (Fsp3) is 0.286. The number of carbonyl (C=O) groups is 1. The average Bonchev–Trinajstić information content (AvgIpc) is 3.29. The normalized spacial score (nSPS) is 14.0. The molecule has 0 N–H and O–H groups in total. The van der Waals surface area contributed by atoms with Crippen LogP contribution in [-0.4, -0.2) is 60.8 Å². The first kappa shape index (κ1) is 19.2. The Bertz CT molecular complexity index is 964. The van der Waals surface area contributed by atoms with Crippen molar-refractivity contribution in [1.29, 1.82) is 0 Å². The molecule has 1 saturated heterocycles. The highest BCUT2D eigenvalue weighted by molar-refractivity contribution is 7.08. The van der Waals surface area contributed by atoms with Crippen LogP contribution in [0.1, 0.15) is 9.67 Å². The molecule has 150 valence electrons. The minimum atomic E-state index is -0.0137. The Morgan fingerprint density at radius 2 is 1.48 bits per heavy atom. The van der Waals surface area contributed by atoms with Crippen molar-refractivity contribution in [1.82, 2.24) is 14.5 Å². The van der Waals surface area contributed by atoms with Gasteiger partial charge in [-0.1, -0.05) is 4.49 Å². The summed E-state index contributed by atoms with van der Waals surface area (Å²) in [4.78, 5) is 17.8. The summed E-state index contributed by atoms with van der Waals surface area (Å²) in [5.74, 6) is 1.59. The maximum atomic E-state index is 13.1. The molecule has 0 unspecified atom stereocenters. The van der Waals surface area contributed by atoms with Gasteiger partial charge in [-0.05, 0) is 60.1 Å². The smallest absolute Gasteiger partial charge is 0.268 e. The van der Waals surface area contributed by atoms with Crippen LogP contribution in [0.15, 0.2) is 48.5 Å². The zero-order valence-corrected chi connectivity index (χ0v) is 17.2. The van der Waals surface area contributed by atoms with E-state index in [2.05, 4.69) is 14.5 Å². The SMILES string of the molecule is COc1ccc(-c2nnsc2C(=O)N2CCN(c3ccc(OC)cc3)CC2)cc1. The number of amides is 1. The minimum Gasteiger partial charge on any atom is -0.497 e. The molecule has 1 amide bonds. The first-order chi connectivity index (χ1) is 14.2. The number of hydrogen-bond donors (Lipinski definition) is 0. The van der Waals surface area contributed by atoms with Gasteiger partial charge in [-0.2, -0.15) is 0 Å². The van der Waals surface area contributed by atoms with Crippen molar-refractivity contribution < 1.29 is 14.3 Å². The van der Waals surface area contributed by atoms with Gasteiger partial charge in [0.15, 0.2) is 0 Å². The van der Waals surface area contributed by atoms with E-state index in [0.717, 1.165) is 47.4 Å². The highest BCUT2D eigenvalue weighted by Gasteiger charge is 2.26. The number of hydrogen-bond acceptors (Lipinski definition) is 7. The third kappa shape index (κ3) is 4.02. The number of benzene rings is 2. The number of methoxy groups -OCH3 is 2. The molecule has 1 aromatic heterocycles. The fourth-order valence-electron chi connectivity index (χ4n) is 3.37. The van der Waals surface area contributed by atoms with Gasteiger partial charge in [0.05, 0.1) is 14.2 Å². The van der Waals surface area contributed by atoms with Gasteiger partial charge in [0, 0.05) is 37.4 Å². The molecule has 7 nitrogen and oxygen atoms in total. The third-order valence-corrected chi connectivity index (χ3v) is 5.76. The van der Waals surface area contributed by atoms with Gasteiger partial charge >= 0.3 is 0 Å². The van der Waals surface area contributed by atoms with E-state index in [4.69, 9.17) is 9.47 Å². The van der Waals surface area contributed by atoms with Crippen molar-refractivity contribution in [3.8, 4) is 22.8 Å². The number of ether oxygens (including phenoxy) is 2. The van der Waals surface area contributed by atoms with Crippen LogP contribution in [0.5, 0.6) is 11.5 Å². The maximum Gasteiger partial charge on any atom is 0.268 e. The van der Waals surface area contributed by atoms with E-state index >= 15 is 0 Å². The van der Waals surface area contributed by atoms with E-state index in [-0.39, 0.29) is 5.91 Å². The van der Waals surface area contributed by atoms with Crippen LogP contribution in [0.3, 0.4) is 0 Å². The Hall–Kier alpha value is -3.13. The summed E-state index contributed by atoms with van der Waals surface area (Å²) < 4.78 is 14.4. The van der Waals surface area contributed by atoms with Crippen LogP contribution >= 0.6 is 11.5 Å². The van der Waals surface area contributed by atoms with Gasteiger partial charge in [0.1, 0.15) is 22.1 Å². The Balaban J connectivity index is 1.44. The molecule has 0 atom stereocenters. The molecule has 2 aromatic carbocycles. The van der Waals surface area contributed by atoms with E-state index in [9.17, 15) is 4.79 Å². The fourth-order valence-corrected chi connectivity index (χ4v) is 4.03. The van der Waals surface area contributed by atoms with Crippen molar-refractivity contribution in [2.75, 3.05) is 45.3 Å². The Labute approximate surface area is 173 Å². The van der Waals surface area contributed by atoms with Crippen molar-refractivity contribution >= 4 is 23.1 Å². The Morgan fingerprint density at radius 3 is 2.07 bits per heavy atom. The lowest BCUT2D eigenvalue weighted by Gasteiger charge is -2.36. The van der Waals surface area contributed by atoms with Gasteiger partial charge in [-0.15, -0.1) is 5.10 Å². The van der Waals surface area contributed by atoms with E-state index in [1.165, 1.54) is 0 Å². The second-order valence-corrected chi connectivity index (χ2v) is 7.41. The third-order valence-electron chi connectivity index (χ3n) is 5.05. The highest BCUT2D eigenvalue weighted by atomic mass is 32.1. The summed E-state index contributed by atoms with van der Waals surface area (Å²) in [5, 5.41) is 4.19. The number of nitrogens with zero attached hydrogens (tertiary/aromatic N) is 4. The quantitative estimate of drug-likeness (QED) is 0.644. The molecule has 29 heavy (non-hydrogen) atoms. The predicted octanol–water partition coefficient (Wildman–Crippen LogP) is 3.18. The van der Waals surface area contributed by atoms with Gasteiger partial charge in [-0.25, -0.2) is 0 Å². The topological polar surface area (TPSA) is 67.8 Å². The van der Waals surface area contributed by atoms with Crippen LogP contribution in [0.4, 0.5) is 5.69 Å². The van der Waals surface area contributed by atoms with E-state index in [0.29, 0.717) is 23.7 Å². The molecule has 2 heterocycles. The highest BCUT2D eigenvalue weighted by Crippen LogP contribution is 2.28. The van der Waals surface area contributed by atoms with Crippen LogP contribution < -0.4 is 14.4 Å². The summed E-state index contributed by atoms with van der Waals surface area (Å²) in [6.07, 6.45) is 0. The number of rotatable bonds is 5. The monoisotopic (exact) mass is 410 g/mol. The van der Waals surface area contributed by atoms with Crippen molar-refractivity contribution in [3.05, 3.63) is 53.4 Å². The lowest BCUT2D eigenvalue weighted by Crippen LogP contribution is -2.48. The van der Waals surface area contributed by atoms with E-state index < -0.39 is 0 Å². The molecule has 0 saturated carbocycles. The average molecular weight is 410 g/mol. The van der Waals surface area contributed by atoms with Crippen molar-refractivity contribution in [2.24, 2.45) is 0 Å². The molecular weight excluding hydrogens is 388 g/mol. The summed E-state index contributed by atoms with van der Waals surface area (Å²) >= 11 is 1.15. The zero-order chi connectivity index (χ0) is 20.2. The van der Waals surface area contributed by atoms with Crippen LogP contribution in [0, 0.1) is 0 Å². The summed E-state index contributed by atoms with van der Waals surface area (Å²) in [5.41, 5.74) is 2.62. The summed E-state index contributed by atoms with van der Waals surface area (Å²) in [6.45, 7) is 2.87. The van der Waals surface area contributed by atoms with Crippen molar-refractivity contribution in [3.63, 3.8) is 0 Å². The van der Waals surface area contributed by atoms with Gasteiger partial charge in [0.2, 0.25) is 0 Å². The summed E-state index contributed by atoms with van der Waals surface area (Å²) in [6, 6.07) is 15.5. The molecule has 1 fully saturated rings. The van der Waals surface area contributed by atoms with E-state index in [1.807, 2.05) is 53.4 Å². The number of aromatic nitrogens is 2. The summed E-state index contributed by atoms with van der Waals surface area (Å²) in [7, 11) is 3.29. The van der Waals surface area contributed by atoms with Crippen LogP contribution in [-0.2, 0) is 0 Å². The second kappa shape index (κ2) is 8.48. The Kier molecular flexibility index (Phi) is 5.62. The molecule has 0 spiro atoms. The van der Waals surface area contributed by atoms with Gasteiger partial charge < -0.3 is 19.3 Å². The standard InChI is InChI=1S/C21H22N4O3S/c1-27-17-7-3-15(4-8-17)19-20(29-23-22-19)21(26)25-13-11-24(12-14-25)16-5-9-18(28-2)10-6-16/h3-10H,11-14H2,1-2H3. The lowest BCUT2D eigenvalue weighted by molar-refractivity contribution is 0.0752. The molecule has 8 heteroatoms. The van der Waals surface area contributed by atoms with E-state index in [1.54, 1.807) is 14.2 Å². The first-order valence-corrected chi connectivity index (χ1v) is 10.1. The van der Waals surface area contributed by atoms with Crippen LogP contribution in [0.2, 0.25) is 0 Å². The molecule has 0 aliphatic carbocycles. The maximum absolute atomic E-state index is 13.1. The molecule has 1 aliphatic rings. The first-order valence-electron chi connectivity index (χ1n) is 9.34. The molecule has 4 rings (SSSR count). The van der Waals surface area contributed by atoms with Gasteiger partial charge in [0.25, 0.3) is 5.91 Å². The molecule has 1 aliphatic heterocycles. The lowest BCUT2D eigenvalue weighted by atomic mass is 10.1. The minimum absolute atomic E-state index is 0.0137. The number of carbonyl (C=O) groups excluding carboxylic acids is 1. The molecule has 0 radical (unpaired) electrons. The van der Waals surface area contributed by atoms with Crippen LogP contribution in [0.25, 0.3) is 11.3 Å². The largest absolute Gasteiger partial charge is 0.497 e. The van der Waals surface area contributed by atoms with Gasteiger partial charge in [-0.3, -0.25) is 4.79 Å². The Morgan fingerprint density at radius 1 is 0.897 bits per heavy atom. The van der Waals surface area contributed by atoms with Crippen molar-refractivity contribution in [2.45, 2.75) is 0 Å².